The second kappa shape index (κ2) is 11.0. The fraction of sp³-hybridized carbons (Fsp3) is 0.480. The van der Waals surface area contributed by atoms with Gasteiger partial charge >= 0.3 is 6.09 Å². The zero-order chi connectivity index (χ0) is 24.1. The number of nitrogens with zero attached hydrogens (tertiary/aromatic N) is 2. The molecule has 3 heterocycles. The molecule has 1 saturated heterocycles. The van der Waals surface area contributed by atoms with E-state index in [0.717, 1.165) is 41.9 Å². The van der Waals surface area contributed by atoms with Crippen LogP contribution in [-0.2, 0) is 22.5 Å². The Morgan fingerprint density at radius 1 is 1.09 bits per heavy atom. The highest BCUT2D eigenvalue weighted by Gasteiger charge is 2.31. The predicted molar refractivity (Wildman–Crippen MR) is 134 cm³/mol. The molecular formula is C25H32N4O4S. The number of hydrogen-bond donors (Lipinski definition) is 2. The van der Waals surface area contributed by atoms with E-state index in [4.69, 9.17) is 4.74 Å². The van der Waals surface area contributed by atoms with Gasteiger partial charge in [-0.25, -0.2) is 4.79 Å². The highest BCUT2D eigenvalue weighted by atomic mass is 32.1. The zero-order valence-corrected chi connectivity index (χ0v) is 20.6. The number of ether oxygens (including phenoxy) is 1. The van der Waals surface area contributed by atoms with Crippen molar-refractivity contribution in [1.29, 1.82) is 0 Å². The van der Waals surface area contributed by atoms with Crippen LogP contribution in [0.25, 0.3) is 0 Å². The van der Waals surface area contributed by atoms with Gasteiger partial charge in [0.25, 0.3) is 5.91 Å². The second-order valence-electron chi connectivity index (χ2n) is 8.79. The third kappa shape index (κ3) is 5.77. The van der Waals surface area contributed by atoms with E-state index < -0.39 is 0 Å². The lowest BCUT2D eigenvalue weighted by atomic mass is 10.0. The van der Waals surface area contributed by atoms with Gasteiger partial charge in [0.1, 0.15) is 5.00 Å². The van der Waals surface area contributed by atoms with Crippen molar-refractivity contribution in [2.45, 2.75) is 46.1 Å². The predicted octanol–water partition coefficient (Wildman–Crippen LogP) is 4.25. The Morgan fingerprint density at radius 2 is 1.88 bits per heavy atom. The molecule has 0 spiro atoms. The molecule has 9 heteroatoms. The third-order valence-electron chi connectivity index (χ3n) is 6.15. The summed E-state index contributed by atoms with van der Waals surface area (Å²) in [7, 11) is 0. The lowest BCUT2D eigenvalue weighted by molar-refractivity contribution is -0.117. The summed E-state index contributed by atoms with van der Waals surface area (Å²) in [5, 5.41) is 6.53. The number of fused-ring (bicyclic) bond motifs is 1. The molecule has 2 aliphatic heterocycles. The van der Waals surface area contributed by atoms with Gasteiger partial charge in [0.05, 0.1) is 25.3 Å². The summed E-state index contributed by atoms with van der Waals surface area (Å²) >= 11 is 1.37. The first-order chi connectivity index (χ1) is 16.4. The fourth-order valence-corrected chi connectivity index (χ4v) is 5.78. The number of rotatable bonds is 6. The van der Waals surface area contributed by atoms with Crippen LogP contribution in [0.3, 0.4) is 0 Å². The summed E-state index contributed by atoms with van der Waals surface area (Å²) in [6.45, 7) is 7.05. The van der Waals surface area contributed by atoms with Gasteiger partial charge in [-0.1, -0.05) is 18.6 Å². The highest BCUT2D eigenvalue weighted by Crippen LogP contribution is 2.38. The molecule has 2 aliphatic rings. The van der Waals surface area contributed by atoms with Gasteiger partial charge in [0.15, 0.2) is 0 Å². The van der Waals surface area contributed by atoms with Crippen LogP contribution in [0, 0.1) is 6.92 Å². The molecule has 2 N–H and O–H groups in total. The summed E-state index contributed by atoms with van der Waals surface area (Å²) in [6.07, 6.45) is 3.59. The molecule has 0 unspecified atom stereocenters. The molecule has 8 nitrogen and oxygen atoms in total. The summed E-state index contributed by atoms with van der Waals surface area (Å²) in [4.78, 5) is 43.2. The van der Waals surface area contributed by atoms with Crippen LogP contribution in [-0.4, -0.2) is 60.5 Å². The van der Waals surface area contributed by atoms with Crippen molar-refractivity contribution in [2.24, 2.45) is 0 Å². The number of nitrogens with one attached hydrogen (secondary N) is 2. The molecular weight excluding hydrogens is 452 g/mol. The molecule has 0 atom stereocenters. The Bertz CT molecular complexity index is 1060. The average Bonchev–Trinajstić information content (AvgIpc) is 3.16. The highest BCUT2D eigenvalue weighted by molar-refractivity contribution is 7.17. The quantitative estimate of drug-likeness (QED) is 0.640. The first-order valence-electron chi connectivity index (χ1n) is 11.9. The van der Waals surface area contributed by atoms with E-state index in [1.165, 1.54) is 17.8 Å². The van der Waals surface area contributed by atoms with Gasteiger partial charge in [-0.3, -0.25) is 14.5 Å². The minimum Gasteiger partial charge on any atom is -0.450 e. The first kappa shape index (κ1) is 24.2. The van der Waals surface area contributed by atoms with Crippen LogP contribution >= 0.6 is 11.3 Å². The molecule has 3 amide bonds. The maximum atomic E-state index is 13.4. The fourth-order valence-electron chi connectivity index (χ4n) is 4.51. The number of anilines is 2. The van der Waals surface area contributed by atoms with Gasteiger partial charge in [0.2, 0.25) is 5.91 Å². The molecule has 2 aromatic rings. The van der Waals surface area contributed by atoms with Crippen LogP contribution < -0.4 is 10.6 Å². The molecule has 1 aromatic carbocycles. The number of carbonyl (C=O) groups excluding carboxylic acids is 3. The molecule has 0 aliphatic carbocycles. The smallest absolute Gasteiger partial charge is 0.410 e. The van der Waals surface area contributed by atoms with Crippen LogP contribution in [0.5, 0.6) is 0 Å². The number of aryl methyl sites for hydroxylation is 1. The largest absolute Gasteiger partial charge is 0.450 e. The van der Waals surface area contributed by atoms with Crippen molar-refractivity contribution in [3.05, 3.63) is 45.8 Å². The number of piperidine rings is 1. The molecule has 1 fully saturated rings. The van der Waals surface area contributed by atoms with Crippen LogP contribution in [0.4, 0.5) is 15.5 Å². The first-order valence-corrected chi connectivity index (χ1v) is 12.7. The molecule has 4 rings (SSSR count). The Kier molecular flexibility index (Phi) is 7.84. The summed E-state index contributed by atoms with van der Waals surface area (Å²) in [6, 6.07) is 7.62. The van der Waals surface area contributed by atoms with Gasteiger partial charge in [-0.2, -0.15) is 0 Å². The number of thiophene rings is 1. The number of benzene rings is 1. The molecule has 1 aromatic heterocycles. The maximum Gasteiger partial charge on any atom is 0.410 e. The minimum atomic E-state index is -0.358. The van der Waals surface area contributed by atoms with Gasteiger partial charge in [-0.05, 0) is 69.5 Å². The average molecular weight is 485 g/mol. The van der Waals surface area contributed by atoms with E-state index in [-0.39, 0.29) is 17.9 Å². The molecule has 0 saturated carbocycles. The monoisotopic (exact) mass is 484 g/mol. The normalized spacial score (nSPS) is 16.0. The lowest BCUT2D eigenvalue weighted by Crippen LogP contribution is -2.37. The van der Waals surface area contributed by atoms with Crippen molar-refractivity contribution in [3.8, 4) is 0 Å². The van der Waals surface area contributed by atoms with E-state index in [9.17, 15) is 14.4 Å². The number of carbonyl (C=O) groups is 3. The van der Waals surface area contributed by atoms with E-state index in [1.54, 1.807) is 11.8 Å². The SMILES string of the molecule is CCOC(=O)N1CCc2c(sc(NC(=O)CN3CCCCC3)c2C(=O)Nc2cccc(C)c2)C1. The van der Waals surface area contributed by atoms with Crippen molar-refractivity contribution in [1.82, 2.24) is 9.80 Å². The van der Waals surface area contributed by atoms with Crippen molar-refractivity contribution in [2.75, 3.05) is 43.4 Å². The molecule has 182 valence electrons. The van der Waals surface area contributed by atoms with Crippen LogP contribution in [0.1, 0.15) is 52.5 Å². The van der Waals surface area contributed by atoms with Crippen LogP contribution in [0.15, 0.2) is 24.3 Å². The lowest BCUT2D eigenvalue weighted by Gasteiger charge is -2.26. The molecule has 34 heavy (non-hydrogen) atoms. The minimum absolute atomic E-state index is 0.118. The summed E-state index contributed by atoms with van der Waals surface area (Å²) < 4.78 is 5.16. The van der Waals surface area contributed by atoms with E-state index in [2.05, 4.69) is 15.5 Å². The van der Waals surface area contributed by atoms with Crippen LogP contribution in [0.2, 0.25) is 0 Å². The van der Waals surface area contributed by atoms with E-state index >= 15 is 0 Å². The van der Waals surface area contributed by atoms with Gasteiger partial charge in [0, 0.05) is 17.1 Å². The summed E-state index contributed by atoms with van der Waals surface area (Å²) in [5.41, 5.74) is 3.14. The Morgan fingerprint density at radius 3 is 2.62 bits per heavy atom. The van der Waals surface area contributed by atoms with Gasteiger partial charge in [-0.15, -0.1) is 11.3 Å². The topological polar surface area (TPSA) is 91.0 Å². The number of hydrogen-bond acceptors (Lipinski definition) is 6. The van der Waals surface area contributed by atoms with Crippen molar-refractivity contribution < 1.29 is 19.1 Å². The second-order valence-corrected chi connectivity index (χ2v) is 9.89. The Hall–Kier alpha value is -2.91. The zero-order valence-electron chi connectivity index (χ0n) is 19.8. The molecule has 0 radical (unpaired) electrons. The number of amides is 3. The third-order valence-corrected chi connectivity index (χ3v) is 7.29. The van der Waals surface area contributed by atoms with Crippen molar-refractivity contribution in [3.63, 3.8) is 0 Å². The molecule has 0 bridgehead atoms. The summed E-state index contributed by atoms with van der Waals surface area (Å²) in [5.74, 6) is -0.367. The van der Waals surface area contributed by atoms with E-state index in [0.29, 0.717) is 48.9 Å². The van der Waals surface area contributed by atoms with Gasteiger partial charge < -0.3 is 20.3 Å². The maximum absolute atomic E-state index is 13.4. The van der Waals surface area contributed by atoms with E-state index in [1.807, 2.05) is 31.2 Å². The Balaban J connectivity index is 1.57. The number of likely N-dealkylation sites (tertiary alicyclic amines) is 1. The van der Waals surface area contributed by atoms with Crippen molar-refractivity contribution >= 4 is 39.9 Å². The standard InChI is InChI=1S/C25H32N4O4S/c1-3-33-25(32)29-13-10-19-20(15-29)34-24(27-21(30)16-28-11-5-4-6-12-28)22(19)23(31)26-18-9-7-8-17(2)14-18/h7-9,14H,3-6,10-13,15-16H2,1-2H3,(H,26,31)(H,27,30). The Labute approximate surface area is 204 Å².